The predicted molar refractivity (Wildman–Crippen MR) is 128 cm³/mol. The average Bonchev–Trinajstić information content (AvgIpc) is 3.42. The van der Waals surface area contributed by atoms with E-state index in [-0.39, 0.29) is 18.4 Å². The van der Waals surface area contributed by atoms with Gasteiger partial charge in [0.1, 0.15) is 6.54 Å². The molecule has 1 aliphatic rings. The summed E-state index contributed by atoms with van der Waals surface area (Å²) >= 11 is 6.88. The number of aromatic amines is 1. The van der Waals surface area contributed by atoms with Crippen LogP contribution in [0.15, 0.2) is 35.7 Å². The summed E-state index contributed by atoms with van der Waals surface area (Å²) in [6.07, 6.45) is 0. The van der Waals surface area contributed by atoms with E-state index in [1.54, 1.807) is 15.9 Å². The molecule has 1 aliphatic heterocycles. The molecule has 2 aromatic heterocycles. The number of hydrogen-bond acceptors (Lipinski definition) is 6. The minimum Gasteiger partial charge on any atom is -0.339 e. The quantitative estimate of drug-likeness (QED) is 0.541. The molecule has 0 aliphatic carbocycles. The largest absolute Gasteiger partial charge is 0.339 e. The van der Waals surface area contributed by atoms with Crippen LogP contribution < -0.4 is 5.32 Å². The summed E-state index contributed by atoms with van der Waals surface area (Å²) in [5.74, 6) is 0.642. The zero-order valence-corrected chi connectivity index (χ0v) is 19.8. The number of thiophene rings is 1. The van der Waals surface area contributed by atoms with E-state index in [2.05, 4.69) is 20.4 Å². The minimum atomic E-state index is -0.0382. The Hall–Kier alpha value is -2.82. The maximum absolute atomic E-state index is 12.9. The molecule has 3 aromatic rings. The first-order chi connectivity index (χ1) is 15.4. The number of anilines is 1. The Morgan fingerprint density at radius 2 is 1.91 bits per heavy atom. The summed E-state index contributed by atoms with van der Waals surface area (Å²) in [4.78, 5) is 30.3. The number of hydrogen-bond donors (Lipinski definition) is 2. The molecule has 2 N–H and O–H groups in total. The van der Waals surface area contributed by atoms with E-state index >= 15 is 0 Å². The maximum atomic E-state index is 12.9. The molecular formula is C22H26N6O2S2. The van der Waals surface area contributed by atoms with E-state index in [0.29, 0.717) is 43.3 Å². The zero-order chi connectivity index (χ0) is 22.7. The average molecular weight is 471 g/mol. The number of nitrogens with one attached hydrogen (secondary N) is 2. The Balaban J connectivity index is 1.30. The van der Waals surface area contributed by atoms with Crippen molar-refractivity contribution in [2.24, 2.45) is 0 Å². The van der Waals surface area contributed by atoms with Crippen molar-refractivity contribution < 1.29 is 9.59 Å². The molecule has 0 saturated carbocycles. The second-order valence-electron chi connectivity index (χ2n) is 7.87. The fourth-order valence-electron chi connectivity index (χ4n) is 3.73. The highest BCUT2D eigenvalue weighted by molar-refractivity contribution is 7.71. The number of aryl methyl sites for hydroxylation is 1. The van der Waals surface area contributed by atoms with Gasteiger partial charge in [0.25, 0.3) is 0 Å². The summed E-state index contributed by atoms with van der Waals surface area (Å²) in [6, 6.07) is 9.79. The van der Waals surface area contributed by atoms with Crippen molar-refractivity contribution in [3.63, 3.8) is 0 Å². The van der Waals surface area contributed by atoms with Gasteiger partial charge in [0, 0.05) is 31.9 Å². The van der Waals surface area contributed by atoms with Gasteiger partial charge in [-0.3, -0.25) is 24.2 Å². The van der Waals surface area contributed by atoms with Crippen molar-refractivity contribution in [2.45, 2.75) is 20.4 Å². The van der Waals surface area contributed by atoms with Crippen molar-refractivity contribution >= 4 is 41.1 Å². The summed E-state index contributed by atoms with van der Waals surface area (Å²) in [7, 11) is 0. The third kappa shape index (κ3) is 4.98. The number of rotatable bonds is 6. The first kappa shape index (κ1) is 22.4. The smallest absolute Gasteiger partial charge is 0.242 e. The van der Waals surface area contributed by atoms with Gasteiger partial charge in [-0.1, -0.05) is 18.2 Å². The van der Waals surface area contributed by atoms with Gasteiger partial charge in [0.15, 0.2) is 10.6 Å². The SMILES string of the molecule is Cc1cccc(NC(=O)CN2CCN(C(=O)Cn3c(-c4cccs4)n[nH]c3=S)CC2)c1C. The maximum Gasteiger partial charge on any atom is 0.242 e. The fourth-order valence-corrected chi connectivity index (χ4v) is 4.65. The molecular weight excluding hydrogens is 444 g/mol. The lowest BCUT2D eigenvalue weighted by atomic mass is 10.1. The first-order valence-electron chi connectivity index (χ1n) is 10.5. The van der Waals surface area contributed by atoms with Crippen molar-refractivity contribution in [3.8, 4) is 10.7 Å². The Morgan fingerprint density at radius 1 is 1.12 bits per heavy atom. The molecule has 10 heteroatoms. The molecule has 0 bridgehead atoms. The van der Waals surface area contributed by atoms with Crippen LogP contribution in [0.1, 0.15) is 11.1 Å². The molecule has 168 valence electrons. The molecule has 0 unspecified atom stereocenters. The predicted octanol–water partition coefficient (Wildman–Crippen LogP) is 3.07. The van der Waals surface area contributed by atoms with Crippen molar-refractivity contribution in [1.82, 2.24) is 24.6 Å². The lowest BCUT2D eigenvalue weighted by Crippen LogP contribution is -2.51. The van der Waals surface area contributed by atoms with Crippen LogP contribution in [0.25, 0.3) is 10.7 Å². The van der Waals surface area contributed by atoms with Crippen LogP contribution >= 0.6 is 23.6 Å². The highest BCUT2D eigenvalue weighted by Crippen LogP contribution is 2.23. The van der Waals surface area contributed by atoms with E-state index in [9.17, 15) is 9.59 Å². The molecule has 1 fully saturated rings. The number of aromatic nitrogens is 3. The minimum absolute atomic E-state index is 0.000191. The molecule has 0 radical (unpaired) electrons. The van der Waals surface area contributed by atoms with Crippen molar-refractivity contribution in [1.29, 1.82) is 0 Å². The van der Waals surface area contributed by atoms with Gasteiger partial charge in [-0.15, -0.1) is 11.3 Å². The molecule has 1 saturated heterocycles. The van der Waals surface area contributed by atoms with E-state index in [1.807, 2.05) is 54.5 Å². The Morgan fingerprint density at radius 3 is 2.62 bits per heavy atom. The van der Waals surface area contributed by atoms with Gasteiger partial charge in [0.2, 0.25) is 11.8 Å². The van der Waals surface area contributed by atoms with Gasteiger partial charge in [0.05, 0.1) is 11.4 Å². The number of benzene rings is 1. The number of nitrogens with zero attached hydrogens (tertiary/aromatic N) is 4. The fraction of sp³-hybridized carbons (Fsp3) is 0.364. The summed E-state index contributed by atoms with van der Waals surface area (Å²) < 4.78 is 2.18. The third-order valence-electron chi connectivity index (χ3n) is 5.76. The lowest BCUT2D eigenvalue weighted by Gasteiger charge is -2.34. The second kappa shape index (κ2) is 9.76. The third-order valence-corrected chi connectivity index (χ3v) is 6.94. The highest BCUT2D eigenvalue weighted by atomic mass is 32.1. The molecule has 8 nitrogen and oxygen atoms in total. The van der Waals surface area contributed by atoms with E-state index in [4.69, 9.17) is 12.2 Å². The Labute approximate surface area is 195 Å². The number of amides is 2. The van der Waals surface area contributed by atoms with E-state index < -0.39 is 0 Å². The molecule has 2 amide bonds. The topological polar surface area (TPSA) is 86.3 Å². The first-order valence-corrected chi connectivity index (χ1v) is 11.8. The normalized spacial score (nSPS) is 14.5. The van der Waals surface area contributed by atoms with Gasteiger partial charge in [-0.05, 0) is 54.7 Å². The van der Waals surface area contributed by atoms with Crippen molar-refractivity contribution in [2.75, 3.05) is 38.0 Å². The zero-order valence-electron chi connectivity index (χ0n) is 18.1. The molecule has 3 heterocycles. The van der Waals surface area contributed by atoms with Crippen molar-refractivity contribution in [3.05, 3.63) is 51.6 Å². The standard InChI is InChI=1S/C22H26N6O2S2/c1-15-5-3-6-17(16(15)2)23-19(29)13-26-8-10-27(11-9-26)20(30)14-28-21(24-25-22(28)31)18-7-4-12-32-18/h3-7,12H,8-11,13-14H2,1-2H3,(H,23,29)(H,25,31). The van der Waals surface area contributed by atoms with Gasteiger partial charge < -0.3 is 10.2 Å². The van der Waals surface area contributed by atoms with Crippen LogP contribution in [0.4, 0.5) is 5.69 Å². The highest BCUT2D eigenvalue weighted by Gasteiger charge is 2.24. The van der Waals surface area contributed by atoms with Crippen LogP contribution in [0.3, 0.4) is 0 Å². The Kier molecular flexibility index (Phi) is 6.83. The van der Waals surface area contributed by atoms with Crippen LogP contribution in [0.5, 0.6) is 0 Å². The summed E-state index contributed by atoms with van der Waals surface area (Å²) in [6.45, 7) is 6.96. The number of carbonyl (C=O) groups is 2. The molecule has 1 aromatic carbocycles. The van der Waals surface area contributed by atoms with Crippen LogP contribution in [0, 0.1) is 18.6 Å². The van der Waals surface area contributed by atoms with Crippen LogP contribution in [0.2, 0.25) is 0 Å². The number of H-pyrrole nitrogens is 1. The molecule has 0 spiro atoms. The Bertz CT molecular complexity index is 1160. The second-order valence-corrected chi connectivity index (χ2v) is 9.20. The lowest BCUT2D eigenvalue weighted by molar-refractivity contribution is -0.133. The van der Waals surface area contributed by atoms with E-state index in [1.165, 1.54) is 0 Å². The summed E-state index contributed by atoms with van der Waals surface area (Å²) in [5, 5.41) is 12.0. The molecule has 4 rings (SSSR count). The van der Waals surface area contributed by atoms with Gasteiger partial charge in [-0.2, -0.15) is 5.10 Å². The van der Waals surface area contributed by atoms with Crippen LogP contribution in [-0.2, 0) is 16.1 Å². The van der Waals surface area contributed by atoms with Crippen LogP contribution in [-0.4, -0.2) is 69.1 Å². The number of carbonyl (C=O) groups excluding carboxylic acids is 2. The van der Waals surface area contributed by atoms with Gasteiger partial charge >= 0.3 is 0 Å². The molecule has 0 atom stereocenters. The molecule has 32 heavy (non-hydrogen) atoms. The monoisotopic (exact) mass is 470 g/mol. The summed E-state index contributed by atoms with van der Waals surface area (Å²) in [5.41, 5.74) is 3.08. The van der Waals surface area contributed by atoms with E-state index in [0.717, 1.165) is 21.7 Å². The number of piperazine rings is 1. The van der Waals surface area contributed by atoms with Gasteiger partial charge in [-0.25, -0.2) is 0 Å².